The van der Waals surface area contributed by atoms with Gasteiger partial charge in [0.25, 0.3) is 11.5 Å². The molecule has 0 atom stereocenters. The Labute approximate surface area is 86.5 Å². The van der Waals surface area contributed by atoms with Crippen LogP contribution in [0.3, 0.4) is 0 Å². The zero-order chi connectivity index (χ0) is 11.6. The van der Waals surface area contributed by atoms with Crippen molar-refractivity contribution in [3.05, 3.63) is 33.2 Å². The molecule has 15 heavy (non-hydrogen) atoms. The lowest BCUT2D eigenvalue weighted by molar-refractivity contribution is 0.0990. The Morgan fingerprint density at radius 3 is 2.60 bits per heavy atom. The predicted molar refractivity (Wildman–Crippen MR) is 55.0 cm³/mol. The van der Waals surface area contributed by atoms with Crippen molar-refractivity contribution in [1.29, 1.82) is 0 Å². The van der Waals surface area contributed by atoms with E-state index in [9.17, 15) is 14.4 Å². The Morgan fingerprint density at radius 2 is 2.20 bits per heavy atom. The van der Waals surface area contributed by atoms with Gasteiger partial charge in [0.2, 0.25) is 0 Å². The summed E-state index contributed by atoms with van der Waals surface area (Å²) in [6.07, 6.45) is 0.484. The summed E-state index contributed by atoms with van der Waals surface area (Å²) in [6.45, 7) is 3.62. The van der Waals surface area contributed by atoms with E-state index in [1.807, 2.05) is 0 Å². The fourth-order valence-corrected chi connectivity index (χ4v) is 1.56. The maximum Gasteiger partial charge on any atom is 0.251 e. The SMILES string of the molecule is CCn1c(C=O)c(C(N)=O)c(C)cc1=O. The van der Waals surface area contributed by atoms with E-state index in [0.29, 0.717) is 18.4 Å². The average molecular weight is 208 g/mol. The molecular weight excluding hydrogens is 196 g/mol. The van der Waals surface area contributed by atoms with Crippen LogP contribution < -0.4 is 11.3 Å². The number of aldehydes is 1. The van der Waals surface area contributed by atoms with Crippen molar-refractivity contribution in [2.24, 2.45) is 5.73 Å². The van der Waals surface area contributed by atoms with Gasteiger partial charge in [-0.25, -0.2) is 0 Å². The van der Waals surface area contributed by atoms with Gasteiger partial charge in [0.05, 0.1) is 11.3 Å². The fourth-order valence-electron chi connectivity index (χ4n) is 1.56. The minimum atomic E-state index is -0.697. The second kappa shape index (κ2) is 4.08. The lowest BCUT2D eigenvalue weighted by Gasteiger charge is -2.11. The largest absolute Gasteiger partial charge is 0.366 e. The molecule has 2 N–H and O–H groups in total. The molecule has 0 saturated heterocycles. The van der Waals surface area contributed by atoms with Crippen molar-refractivity contribution in [2.75, 3.05) is 0 Å². The maximum atomic E-state index is 11.5. The van der Waals surface area contributed by atoms with Crippen molar-refractivity contribution >= 4 is 12.2 Å². The van der Waals surface area contributed by atoms with Gasteiger partial charge in [-0.3, -0.25) is 14.4 Å². The van der Waals surface area contributed by atoms with Crippen LogP contribution >= 0.6 is 0 Å². The quantitative estimate of drug-likeness (QED) is 0.714. The first-order chi connectivity index (χ1) is 7.02. The van der Waals surface area contributed by atoms with Crippen molar-refractivity contribution in [1.82, 2.24) is 4.57 Å². The van der Waals surface area contributed by atoms with E-state index in [0.717, 1.165) is 0 Å². The highest BCUT2D eigenvalue weighted by Gasteiger charge is 2.15. The third-order valence-electron chi connectivity index (χ3n) is 2.22. The van der Waals surface area contributed by atoms with Gasteiger partial charge in [0, 0.05) is 12.6 Å². The minimum Gasteiger partial charge on any atom is -0.366 e. The van der Waals surface area contributed by atoms with Gasteiger partial charge in [0.15, 0.2) is 6.29 Å². The summed E-state index contributed by atoms with van der Waals surface area (Å²) in [5.41, 5.74) is 5.45. The molecule has 0 bridgehead atoms. The second-order valence-electron chi connectivity index (χ2n) is 3.15. The Kier molecular flexibility index (Phi) is 3.04. The number of amides is 1. The van der Waals surface area contributed by atoms with Crippen LogP contribution in [0, 0.1) is 6.92 Å². The third-order valence-corrected chi connectivity index (χ3v) is 2.22. The van der Waals surface area contributed by atoms with Crippen LogP contribution in [-0.2, 0) is 6.54 Å². The van der Waals surface area contributed by atoms with E-state index in [1.54, 1.807) is 13.8 Å². The zero-order valence-corrected chi connectivity index (χ0v) is 8.61. The molecule has 0 fully saturated rings. The number of hydrogen-bond donors (Lipinski definition) is 1. The van der Waals surface area contributed by atoms with Crippen molar-refractivity contribution in [3.8, 4) is 0 Å². The molecule has 1 heterocycles. The summed E-state index contributed by atoms with van der Waals surface area (Å²) in [4.78, 5) is 33.5. The fraction of sp³-hybridized carbons (Fsp3) is 0.300. The van der Waals surface area contributed by atoms with E-state index < -0.39 is 5.91 Å². The number of pyridine rings is 1. The van der Waals surface area contributed by atoms with Crippen LogP contribution in [-0.4, -0.2) is 16.8 Å². The molecule has 1 aromatic heterocycles. The number of carbonyl (C=O) groups excluding carboxylic acids is 2. The number of hydrogen-bond acceptors (Lipinski definition) is 3. The van der Waals surface area contributed by atoms with Crippen LogP contribution in [0.15, 0.2) is 10.9 Å². The highest BCUT2D eigenvalue weighted by Crippen LogP contribution is 2.09. The summed E-state index contributed by atoms with van der Waals surface area (Å²) in [5.74, 6) is -0.697. The smallest absolute Gasteiger partial charge is 0.251 e. The second-order valence-corrected chi connectivity index (χ2v) is 3.15. The molecule has 1 amide bonds. The molecule has 0 radical (unpaired) electrons. The topological polar surface area (TPSA) is 82.2 Å². The Morgan fingerprint density at radius 1 is 1.60 bits per heavy atom. The van der Waals surface area contributed by atoms with Gasteiger partial charge in [-0.2, -0.15) is 0 Å². The van der Waals surface area contributed by atoms with Crippen LogP contribution in [0.1, 0.15) is 33.3 Å². The van der Waals surface area contributed by atoms with Crippen LogP contribution in [0.4, 0.5) is 0 Å². The summed E-state index contributed by atoms with van der Waals surface area (Å²) in [6, 6.07) is 1.30. The van der Waals surface area contributed by atoms with Gasteiger partial charge in [-0.1, -0.05) is 0 Å². The lowest BCUT2D eigenvalue weighted by atomic mass is 10.1. The normalized spacial score (nSPS) is 10.0. The molecule has 0 aliphatic rings. The molecule has 80 valence electrons. The van der Waals surface area contributed by atoms with Gasteiger partial charge in [-0.15, -0.1) is 0 Å². The van der Waals surface area contributed by atoms with Crippen molar-refractivity contribution < 1.29 is 9.59 Å². The first-order valence-electron chi connectivity index (χ1n) is 4.52. The third kappa shape index (κ3) is 1.81. The van der Waals surface area contributed by atoms with E-state index in [-0.39, 0.29) is 16.8 Å². The Hall–Kier alpha value is -1.91. The highest BCUT2D eigenvalue weighted by atomic mass is 16.1. The average Bonchev–Trinajstić information content (AvgIpc) is 2.15. The standard InChI is InChI=1S/C10H12N2O3/c1-3-12-7(5-13)9(10(11)15)6(2)4-8(12)14/h4-5H,3H2,1-2H3,(H2,11,15). The van der Waals surface area contributed by atoms with Crippen molar-refractivity contribution in [3.63, 3.8) is 0 Å². The van der Waals surface area contributed by atoms with Crippen LogP contribution in [0.2, 0.25) is 0 Å². The monoisotopic (exact) mass is 208 g/mol. The summed E-state index contributed by atoms with van der Waals surface area (Å²) in [5, 5.41) is 0. The predicted octanol–water partition coefficient (Wildman–Crippen LogP) is 0.0880. The number of rotatable bonds is 3. The molecule has 0 aliphatic carbocycles. The first-order valence-corrected chi connectivity index (χ1v) is 4.52. The van der Waals surface area contributed by atoms with Crippen LogP contribution in [0.5, 0.6) is 0 Å². The van der Waals surface area contributed by atoms with Gasteiger partial charge < -0.3 is 10.3 Å². The number of aromatic nitrogens is 1. The molecule has 0 unspecified atom stereocenters. The van der Waals surface area contributed by atoms with E-state index in [1.165, 1.54) is 10.6 Å². The van der Waals surface area contributed by atoms with Gasteiger partial charge in [0.1, 0.15) is 0 Å². The van der Waals surface area contributed by atoms with E-state index in [2.05, 4.69) is 0 Å². The highest BCUT2D eigenvalue weighted by molar-refractivity contribution is 6.00. The number of nitrogens with zero attached hydrogens (tertiary/aromatic N) is 1. The number of carbonyl (C=O) groups is 2. The van der Waals surface area contributed by atoms with Crippen molar-refractivity contribution in [2.45, 2.75) is 20.4 Å². The molecule has 1 rings (SSSR count). The minimum absolute atomic E-state index is 0.0509. The molecule has 0 saturated carbocycles. The van der Waals surface area contributed by atoms with Gasteiger partial charge >= 0.3 is 0 Å². The maximum absolute atomic E-state index is 11.5. The molecule has 0 aliphatic heterocycles. The molecular formula is C10H12N2O3. The summed E-state index contributed by atoms with van der Waals surface area (Å²) < 4.78 is 1.22. The molecule has 1 aromatic rings. The molecule has 5 heteroatoms. The zero-order valence-electron chi connectivity index (χ0n) is 8.61. The number of nitrogens with two attached hydrogens (primary N) is 1. The van der Waals surface area contributed by atoms with Crippen LogP contribution in [0.25, 0.3) is 0 Å². The van der Waals surface area contributed by atoms with Gasteiger partial charge in [-0.05, 0) is 19.4 Å². The summed E-state index contributed by atoms with van der Waals surface area (Å²) in [7, 11) is 0. The molecule has 0 aromatic carbocycles. The number of aryl methyl sites for hydroxylation is 1. The number of primary amides is 1. The Balaban J connectivity index is 3.72. The lowest BCUT2D eigenvalue weighted by Crippen LogP contribution is -2.28. The molecule has 5 nitrogen and oxygen atoms in total. The van der Waals surface area contributed by atoms with E-state index >= 15 is 0 Å². The Bertz CT molecular complexity index is 474. The molecule has 0 spiro atoms. The van der Waals surface area contributed by atoms with E-state index in [4.69, 9.17) is 5.73 Å². The summed E-state index contributed by atoms with van der Waals surface area (Å²) >= 11 is 0. The first kappa shape index (κ1) is 11.2.